The fourth-order valence-corrected chi connectivity index (χ4v) is 1.86. The van der Waals surface area contributed by atoms with E-state index in [1.807, 2.05) is 4.68 Å². The molecule has 0 fully saturated rings. The van der Waals surface area contributed by atoms with Crippen LogP contribution in [0.1, 0.15) is 45.9 Å². The Balaban J connectivity index is 2.77. The number of rotatable bonds is 6. The van der Waals surface area contributed by atoms with Crippen LogP contribution in [0.3, 0.4) is 0 Å². The summed E-state index contributed by atoms with van der Waals surface area (Å²) in [6, 6.07) is 0.583. The first-order valence-corrected chi connectivity index (χ1v) is 6.33. The van der Waals surface area contributed by atoms with Crippen molar-refractivity contribution < 1.29 is 4.74 Å². The van der Waals surface area contributed by atoms with Gasteiger partial charge in [0, 0.05) is 12.1 Å². The molecule has 0 bridgehead atoms. The van der Waals surface area contributed by atoms with E-state index in [0.29, 0.717) is 12.0 Å². The van der Waals surface area contributed by atoms with Gasteiger partial charge in [-0.05, 0) is 32.6 Å². The molecule has 2 N–H and O–H groups in total. The third-order valence-corrected chi connectivity index (χ3v) is 3.14. The number of nitrogens with two attached hydrogens (primary N) is 1. The molecule has 0 spiro atoms. The maximum absolute atomic E-state index is 6.08. The smallest absolute Gasteiger partial charge is 0.159 e. The van der Waals surface area contributed by atoms with Crippen molar-refractivity contribution in [1.29, 1.82) is 0 Å². The molecule has 98 valence electrons. The number of ether oxygens (including phenoxy) is 1. The Morgan fingerprint density at radius 3 is 2.47 bits per heavy atom. The van der Waals surface area contributed by atoms with Crippen molar-refractivity contribution in [1.82, 2.24) is 9.78 Å². The standard InChI is InChI=1S/C13H25N3O/c1-9(2)11(14)6-7-12-13(17-5)8-15-16(12)10(3)4/h8-11H,6-7,14H2,1-5H3. The second-order valence-corrected chi connectivity index (χ2v) is 5.14. The van der Waals surface area contributed by atoms with E-state index in [-0.39, 0.29) is 6.04 Å². The number of hydrogen-bond acceptors (Lipinski definition) is 3. The molecular weight excluding hydrogens is 214 g/mol. The van der Waals surface area contributed by atoms with Crippen molar-refractivity contribution >= 4 is 0 Å². The summed E-state index contributed by atoms with van der Waals surface area (Å²) < 4.78 is 7.36. The lowest BCUT2D eigenvalue weighted by atomic mass is 9.99. The fraction of sp³-hybridized carbons (Fsp3) is 0.769. The van der Waals surface area contributed by atoms with Gasteiger partial charge in [-0.25, -0.2) is 0 Å². The molecule has 1 aromatic rings. The van der Waals surface area contributed by atoms with E-state index < -0.39 is 0 Å². The number of aromatic nitrogens is 2. The quantitative estimate of drug-likeness (QED) is 0.829. The average Bonchev–Trinajstić information content (AvgIpc) is 2.68. The number of nitrogens with zero attached hydrogens (tertiary/aromatic N) is 2. The van der Waals surface area contributed by atoms with Crippen molar-refractivity contribution in [2.24, 2.45) is 11.7 Å². The summed E-state index contributed by atoms with van der Waals surface area (Å²) >= 11 is 0. The maximum Gasteiger partial charge on any atom is 0.159 e. The lowest BCUT2D eigenvalue weighted by Crippen LogP contribution is -2.27. The van der Waals surface area contributed by atoms with Crippen molar-refractivity contribution in [3.05, 3.63) is 11.9 Å². The van der Waals surface area contributed by atoms with Crippen molar-refractivity contribution in [3.8, 4) is 5.75 Å². The van der Waals surface area contributed by atoms with E-state index in [4.69, 9.17) is 10.5 Å². The van der Waals surface area contributed by atoms with Crippen molar-refractivity contribution in [2.45, 2.75) is 52.6 Å². The van der Waals surface area contributed by atoms with E-state index in [0.717, 1.165) is 24.3 Å². The Kier molecular flexibility index (Phi) is 5.00. The minimum Gasteiger partial charge on any atom is -0.493 e. The minimum atomic E-state index is 0.232. The van der Waals surface area contributed by atoms with E-state index >= 15 is 0 Å². The Bertz CT molecular complexity index is 344. The van der Waals surface area contributed by atoms with Gasteiger partial charge in [-0.15, -0.1) is 0 Å². The molecule has 1 rings (SSSR count). The van der Waals surface area contributed by atoms with Crippen molar-refractivity contribution in [2.75, 3.05) is 7.11 Å². The molecule has 4 heteroatoms. The SMILES string of the molecule is COc1cnn(C(C)C)c1CCC(N)C(C)C. The van der Waals surface area contributed by atoms with Crippen LogP contribution in [0.4, 0.5) is 0 Å². The molecule has 0 aromatic carbocycles. The zero-order valence-electron chi connectivity index (χ0n) is 11.6. The first kappa shape index (κ1) is 14.0. The molecule has 0 aliphatic heterocycles. The lowest BCUT2D eigenvalue weighted by molar-refractivity contribution is 0.396. The Labute approximate surface area is 104 Å². The number of methoxy groups -OCH3 is 1. The first-order valence-electron chi connectivity index (χ1n) is 6.33. The van der Waals surface area contributed by atoms with Crippen LogP contribution in [0.2, 0.25) is 0 Å². The topological polar surface area (TPSA) is 53.1 Å². The first-order chi connectivity index (χ1) is 7.97. The monoisotopic (exact) mass is 239 g/mol. The van der Waals surface area contributed by atoms with Crippen LogP contribution in [-0.2, 0) is 6.42 Å². The van der Waals surface area contributed by atoms with Crippen LogP contribution in [-0.4, -0.2) is 22.9 Å². The molecule has 1 unspecified atom stereocenters. The third-order valence-electron chi connectivity index (χ3n) is 3.14. The maximum atomic E-state index is 6.08. The number of hydrogen-bond donors (Lipinski definition) is 1. The summed E-state index contributed by atoms with van der Waals surface area (Å²) in [6.07, 6.45) is 3.67. The molecule has 1 aromatic heterocycles. The van der Waals surface area contributed by atoms with Gasteiger partial charge >= 0.3 is 0 Å². The van der Waals surface area contributed by atoms with Gasteiger partial charge in [-0.3, -0.25) is 4.68 Å². The van der Waals surface area contributed by atoms with Crippen LogP contribution in [0.25, 0.3) is 0 Å². The molecule has 4 nitrogen and oxygen atoms in total. The van der Waals surface area contributed by atoms with Crippen LogP contribution >= 0.6 is 0 Å². The van der Waals surface area contributed by atoms with Gasteiger partial charge in [-0.2, -0.15) is 5.10 Å². The highest BCUT2D eigenvalue weighted by Gasteiger charge is 2.16. The molecule has 0 aliphatic carbocycles. The summed E-state index contributed by atoms with van der Waals surface area (Å²) in [7, 11) is 1.69. The van der Waals surface area contributed by atoms with Gasteiger partial charge in [-0.1, -0.05) is 13.8 Å². The Morgan fingerprint density at radius 2 is 2.00 bits per heavy atom. The van der Waals surface area contributed by atoms with Gasteiger partial charge in [0.1, 0.15) is 0 Å². The molecule has 0 saturated heterocycles. The molecular formula is C13H25N3O. The van der Waals surface area contributed by atoms with Crippen molar-refractivity contribution in [3.63, 3.8) is 0 Å². The van der Waals surface area contributed by atoms with E-state index in [1.165, 1.54) is 0 Å². The second-order valence-electron chi connectivity index (χ2n) is 5.14. The predicted molar refractivity (Wildman–Crippen MR) is 70.3 cm³/mol. The lowest BCUT2D eigenvalue weighted by Gasteiger charge is -2.17. The highest BCUT2D eigenvalue weighted by atomic mass is 16.5. The fourth-order valence-electron chi connectivity index (χ4n) is 1.86. The largest absolute Gasteiger partial charge is 0.493 e. The molecule has 1 atom stereocenters. The molecule has 17 heavy (non-hydrogen) atoms. The average molecular weight is 239 g/mol. The Hall–Kier alpha value is -1.03. The molecule has 0 aliphatic rings. The van der Waals surface area contributed by atoms with Gasteiger partial charge < -0.3 is 10.5 Å². The van der Waals surface area contributed by atoms with Crippen LogP contribution in [0.15, 0.2) is 6.20 Å². The third kappa shape index (κ3) is 3.46. The predicted octanol–water partition coefficient (Wildman–Crippen LogP) is 2.39. The molecule has 0 saturated carbocycles. The summed E-state index contributed by atoms with van der Waals surface area (Å²) in [5, 5.41) is 4.36. The molecule has 0 amide bonds. The zero-order chi connectivity index (χ0) is 13.0. The van der Waals surface area contributed by atoms with E-state index in [2.05, 4.69) is 32.8 Å². The molecule has 1 heterocycles. The van der Waals surface area contributed by atoms with Gasteiger partial charge in [0.05, 0.1) is 19.0 Å². The van der Waals surface area contributed by atoms with Gasteiger partial charge in [0.25, 0.3) is 0 Å². The summed E-state index contributed by atoms with van der Waals surface area (Å²) in [4.78, 5) is 0. The van der Waals surface area contributed by atoms with Crippen LogP contribution < -0.4 is 10.5 Å². The zero-order valence-corrected chi connectivity index (χ0v) is 11.6. The highest BCUT2D eigenvalue weighted by molar-refractivity contribution is 5.25. The van der Waals surface area contributed by atoms with Gasteiger partial charge in [0.15, 0.2) is 5.75 Å². The van der Waals surface area contributed by atoms with Gasteiger partial charge in [0.2, 0.25) is 0 Å². The Morgan fingerprint density at radius 1 is 1.35 bits per heavy atom. The van der Waals surface area contributed by atoms with Crippen LogP contribution in [0, 0.1) is 5.92 Å². The summed E-state index contributed by atoms with van der Waals surface area (Å²) in [6.45, 7) is 8.56. The molecule has 0 radical (unpaired) electrons. The van der Waals surface area contributed by atoms with E-state index in [9.17, 15) is 0 Å². The highest BCUT2D eigenvalue weighted by Crippen LogP contribution is 2.23. The summed E-state index contributed by atoms with van der Waals surface area (Å²) in [5.41, 5.74) is 7.23. The normalized spacial score (nSPS) is 13.4. The summed E-state index contributed by atoms with van der Waals surface area (Å²) in [5.74, 6) is 1.38. The minimum absolute atomic E-state index is 0.232. The second kappa shape index (κ2) is 6.05. The van der Waals surface area contributed by atoms with Crippen LogP contribution in [0.5, 0.6) is 5.75 Å². The van der Waals surface area contributed by atoms with E-state index in [1.54, 1.807) is 13.3 Å².